The first-order chi connectivity index (χ1) is 8.00. The zero-order chi connectivity index (χ0) is 12.6. The Balaban J connectivity index is 2.65. The van der Waals surface area contributed by atoms with Gasteiger partial charge in [0.2, 0.25) is 0 Å². The third kappa shape index (κ3) is 2.10. The molecule has 2 aromatic rings. The Hall–Kier alpha value is -1.62. The summed E-state index contributed by atoms with van der Waals surface area (Å²) in [4.78, 5) is 15.1. The zero-order valence-corrected chi connectivity index (χ0v) is 11.0. The highest BCUT2D eigenvalue weighted by molar-refractivity contribution is 9.10. The normalized spacial score (nSPS) is 10.5. The maximum absolute atomic E-state index is 11.2. The Morgan fingerprint density at radius 3 is 2.71 bits per heavy atom. The largest absolute Gasteiger partial charge is 0.476 e. The Morgan fingerprint density at radius 2 is 2.12 bits per heavy atom. The number of carboxylic acids is 1. The van der Waals surface area contributed by atoms with Crippen LogP contribution in [-0.2, 0) is 0 Å². The van der Waals surface area contributed by atoms with Crippen LogP contribution in [0.3, 0.4) is 0 Å². The summed E-state index contributed by atoms with van der Waals surface area (Å²) in [6, 6.07) is 5.85. The van der Waals surface area contributed by atoms with Gasteiger partial charge in [0, 0.05) is 0 Å². The molecule has 17 heavy (non-hydrogen) atoms. The molecule has 0 saturated heterocycles. The van der Waals surface area contributed by atoms with E-state index in [0.29, 0.717) is 4.60 Å². The van der Waals surface area contributed by atoms with Crippen molar-refractivity contribution < 1.29 is 9.90 Å². The quantitative estimate of drug-likeness (QED) is 0.926. The summed E-state index contributed by atoms with van der Waals surface area (Å²) < 4.78 is 1.91. The van der Waals surface area contributed by atoms with Gasteiger partial charge in [-0.3, -0.25) is 4.57 Å². The minimum absolute atomic E-state index is 0.136. The maximum atomic E-state index is 11.2. The van der Waals surface area contributed by atoms with Gasteiger partial charge in [0.1, 0.15) is 10.9 Å². The molecule has 1 aromatic carbocycles. The Labute approximate surface area is 107 Å². The number of carbonyl (C=O) groups is 1. The van der Waals surface area contributed by atoms with Crippen LogP contribution in [0.15, 0.2) is 29.1 Å². The van der Waals surface area contributed by atoms with Gasteiger partial charge in [-0.25, -0.2) is 9.78 Å². The molecular formula is C12H11BrN2O2. The molecule has 5 heteroatoms. The van der Waals surface area contributed by atoms with Gasteiger partial charge in [-0.1, -0.05) is 17.7 Å². The highest BCUT2D eigenvalue weighted by atomic mass is 79.9. The second-order valence-corrected chi connectivity index (χ2v) is 4.60. The molecule has 0 unspecified atom stereocenters. The number of hydrogen-bond donors (Lipinski definition) is 1. The first kappa shape index (κ1) is 11.9. The van der Waals surface area contributed by atoms with Gasteiger partial charge in [-0.15, -0.1) is 0 Å². The average molecular weight is 295 g/mol. The number of rotatable bonds is 2. The summed E-state index contributed by atoms with van der Waals surface area (Å²) >= 11 is 3.14. The molecule has 4 nitrogen and oxygen atoms in total. The molecule has 0 radical (unpaired) electrons. The molecule has 1 heterocycles. The van der Waals surface area contributed by atoms with E-state index >= 15 is 0 Å². The molecule has 88 valence electrons. The Bertz CT molecular complexity index is 590. The van der Waals surface area contributed by atoms with Crippen LogP contribution in [0.5, 0.6) is 0 Å². The lowest BCUT2D eigenvalue weighted by molar-refractivity contribution is 0.0687. The second kappa shape index (κ2) is 4.33. The van der Waals surface area contributed by atoms with E-state index in [0.717, 1.165) is 16.8 Å². The van der Waals surface area contributed by atoms with Crippen molar-refractivity contribution in [2.45, 2.75) is 13.8 Å². The lowest BCUT2D eigenvalue weighted by atomic mass is 10.1. The summed E-state index contributed by atoms with van der Waals surface area (Å²) in [5, 5.41) is 9.15. The smallest absolute Gasteiger partial charge is 0.355 e. The number of hydrogen-bond acceptors (Lipinski definition) is 2. The molecular weight excluding hydrogens is 284 g/mol. The Kier molecular flexibility index (Phi) is 3.02. The van der Waals surface area contributed by atoms with Gasteiger partial charge < -0.3 is 5.11 Å². The molecule has 0 saturated carbocycles. The fraction of sp³-hybridized carbons (Fsp3) is 0.167. The van der Waals surface area contributed by atoms with Crippen molar-refractivity contribution in [2.75, 3.05) is 0 Å². The number of aromatic carboxylic acids is 1. The average Bonchev–Trinajstić information content (AvgIpc) is 2.60. The molecule has 0 aliphatic rings. The molecule has 0 fully saturated rings. The lowest BCUT2D eigenvalue weighted by Crippen LogP contribution is -2.07. The minimum Gasteiger partial charge on any atom is -0.476 e. The van der Waals surface area contributed by atoms with E-state index in [1.807, 2.05) is 32.0 Å². The fourth-order valence-corrected chi connectivity index (χ4v) is 2.23. The van der Waals surface area contributed by atoms with Crippen molar-refractivity contribution >= 4 is 21.9 Å². The summed E-state index contributed by atoms with van der Waals surface area (Å²) in [5.74, 6) is -1.01. The lowest BCUT2D eigenvalue weighted by Gasteiger charge is -2.09. The van der Waals surface area contributed by atoms with Crippen molar-refractivity contribution in [3.8, 4) is 5.69 Å². The van der Waals surface area contributed by atoms with Crippen LogP contribution in [-0.4, -0.2) is 20.6 Å². The SMILES string of the molecule is Cc1ccc(-n2cnc(Br)c2C(=O)O)c(C)c1. The number of aryl methyl sites for hydroxylation is 2. The van der Waals surface area contributed by atoms with Crippen LogP contribution in [0.4, 0.5) is 0 Å². The number of aromatic nitrogens is 2. The van der Waals surface area contributed by atoms with Crippen molar-refractivity contribution in [3.63, 3.8) is 0 Å². The van der Waals surface area contributed by atoms with Crippen molar-refractivity contribution in [2.24, 2.45) is 0 Å². The fourth-order valence-electron chi connectivity index (χ4n) is 1.78. The third-order valence-electron chi connectivity index (χ3n) is 2.54. The van der Waals surface area contributed by atoms with E-state index in [2.05, 4.69) is 20.9 Å². The van der Waals surface area contributed by atoms with E-state index in [-0.39, 0.29) is 5.69 Å². The topological polar surface area (TPSA) is 55.1 Å². The standard InChI is InChI=1S/C12H11BrN2O2/c1-7-3-4-9(8(2)5-7)15-6-14-11(13)10(15)12(16)17/h3-6H,1-2H3,(H,16,17). The molecule has 0 amide bonds. The number of halogens is 1. The molecule has 1 N–H and O–H groups in total. The number of carboxylic acid groups (broad SMARTS) is 1. The van der Waals surface area contributed by atoms with Crippen LogP contribution >= 0.6 is 15.9 Å². The predicted molar refractivity (Wildman–Crippen MR) is 67.7 cm³/mol. The minimum atomic E-state index is -1.01. The monoisotopic (exact) mass is 294 g/mol. The van der Waals surface area contributed by atoms with Gasteiger partial charge in [-0.05, 0) is 41.4 Å². The predicted octanol–water partition coefficient (Wildman–Crippen LogP) is 2.95. The van der Waals surface area contributed by atoms with Gasteiger partial charge in [-0.2, -0.15) is 0 Å². The summed E-state index contributed by atoms with van der Waals surface area (Å²) in [5.41, 5.74) is 3.11. The highest BCUT2D eigenvalue weighted by Gasteiger charge is 2.17. The van der Waals surface area contributed by atoms with Gasteiger partial charge in [0.15, 0.2) is 5.69 Å². The first-order valence-corrected chi connectivity index (χ1v) is 5.83. The molecule has 0 spiro atoms. The number of nitrogens with zero attached hydrogens (tertiary/aromatic N) is 2. The van der Waals surface area contributed by atoms with Crippen LogP contribution < -0.4 is 0 Å². The second-order valence-electron chi connectivity index (χ2n) is 3.85. The molecule has 2 rings (SSSR count). The Morgan fingerprint density at radius 1 is 1.41 bits per heavy atom. The third-order valence-corrected chi connectivity index (χ3v) is 3.12. The number of imidazole rings is 1. The van der Waals surface area contributed by atoms with Crippen LogP contribution in [0.1, 0.15) is 21.6 Å². The van der Waals surface area contributed by atoms with Gasteiger partial charge in [0.25, 0.3) is 0 Å². The van der Waals surface area contributed by atoms with E-state index in [1.165, 1.54) is 6.33 Å². The summed E-state index contributed by atoms with van der Waals surface area (Å²) in [6.07, 6.45) is 1.51. The van der Waals surface area contributed by atoms with Gasteiger partial charge >= 0.3 is 5.97 Å². The van der Waals surface area contributed by atoms with E-state index in [1.54, 1.807) is 4.57 Å². The highest BCUT2D eigenvalue weighted by Crippen LogP contribution is 2.22. The van der Waals surface area contributed by atoms with E-state index in [9.17, 15) is 4.79 Å². The molecule has 0 bridgehead atoms. The number of benzene rings is 1. The van der Waals surface area contributed by atoms with E-state index < -0.39 is 5.97 Å². The zero-order valence-electron chi connectivity index (χ0n) is 9.44. The molecule has 1 aromatic heterocycles. The van der Waals surface area contributed by atoms with Crippen molar-refractivity contribution in [1.82, 2.24) is 9.55 Å². The molecule has 0 atom stereocenters. The maximum Gasteiger partial charge on any atom is 0.355 e. The molecule has 0 aliphatic carbocycles. The molecule has 0 aliphatic heterocycles. The summed E-state index contributed by atoms with van der Waals surface area (Å²) in [7, 11) is 0. The summed E-state index contributed by atoms with van der Waals surface area (Å²) in [6.45, 7) is 3.95. The van der Waals surface area contributed by atoms with Crippen LogP contribution in [0.2, 0.25) is 0 Å². The van der Waals surface area contributed by atoms with Crippen LogP contribution in [0, 0.1) is 13.8 Å². The van der Waals surface area contributed by atoms with Crippen molar-refractivity contribution in [1.29, 1.82) is 0 Å². The van der Waals surface area contributed by atoms with Crippen molar-refractivity contribution in [3.05, 3.63) is 46.0 Å². The van der Waals surface area contributed by atoms with Crippen LogP contribution in [0.25, 0.3) is 5.69 Å². The van der Waals surface area contributed by atoms with Gasteiger partial charge in [0.05, 0.1) is 5.69 Å². The first-order valence-electron chi connectivity index (χ1n) is 5.04. The van der Waals surface area contributed by atoms with E-state index in [4.69, 9.17) is 5.11 Å².